The summed E-state index contributed by atoms with van der Waals surface area (Å²) in [6.45, 7) is 8.07. The quantitative estimate of drug-likeness (QED) is 0.940. The van der Waals surface area contributed by atoms with Gasteiger partial charge >= 0.3 is 0 Å². The van der Waals surface area contributed by atoms with Crippen molar-refractivity contribution in [2.24, 2.45) is 0 Å². The molecule has 2 aromatic heterocycles. The first-order valence-electron chi connectivity index (χ1n) is 7.47. The number of hydrogen-bond donors (Lipinski definition) is 1. The molecule has 1 saturated heterocycles. The number of ether oxygens (including phenoxy) is 2. The predicted octanol–water partition coefficient (Wildman–Crippen LogP) is 2.72. The topological polar surface area (TPSA) is 70.3 Å². The second-order valence-electron chi connectivity index (χ2n) is 5.96. The van der Waals surface area contributed by atoms with Gasteiger partial charge in [0.15, 0.2) is 0 Å². The SMILES string of the molecule is CCOc1ncc(-c2cc(N)cnc2C)cc1C1(C)COC1. The third kappa shape index (κ3) is 2.52. The highest BCUT2D eigenvalue weighted by atomic mass is 16.5. The number of pyridine rings is 2. The molecular weight excluding hydrogens is 278 g/mol. The third-order valence-corrected chi connectivity index (χ3v) is 4.04. The Morgan fingerprint density at radius 1 is 1.27 bits per heavy atom. The Morgan fingerprint density at radius 3 is 2.68 bits per heavy atom. The molecule has 116 valence electrons. The number of nitrogens with zero attached hydrogens (tertiary/aromatic N) is 2. The maximum absolute atomic E-state index is 5.88. The molecule has 0 atom stereocenters. The number of anilines is 1. The lowest BCUT2D eigenvalue weighted by Gasteiger charge is -2.39. The third-order valence-electron chi connectivity index (χ3n) is 4.04. The van der Waals surface area contributed by atoms with Crippen molar-refractivity contribution in [3.8, 4) is 17.0 Å². The van der Waals surface area contributed by atoms with Crippen LogP contribution in [0.1, 0.15) is 25.1 Å². The Morgan fingerprint density at radius 2 is 2.05 bits per heavy atom. The van der Waals surface area contributed by atoms with Gasteiger partial charge in [-0.05, 0) is 26.0 Å². The molecule has 5 nitrogen and oxygen atoms in total. The van der Waals surface area contributed by atoms with E-state index in [2.05, 4.69) is 23.0 Å². The first-order valence-corrected chi connectivity index (χ1v) is 7.47. The van der Waals surface area contributed by atoms with E-state index in [0.29, 0.717) is 31.4 Å². The van der Waals surface area contributed by atoms with E-state index in [4.69, 9.17) is 15.2 Å². The summed E-state index contributed by atoms with van der Waals surface area (Å²) in [5.41, 5.74) is 10.5. The first-order chi connectivity index (χ1) is 10.5. The maximum Gasteiger partial charge on any atom is 0.217 e. The minimum atomic E-state index is -0.0465. The minimum Gasteiger partial charge on any atom is -0.478 e. The maximum atomic E-state index is 5.88. The average molecular weight is 299 g/mol. The van der Waals surface area contributed by atoms with Crippen molar-refractivity contribution in [1.29, 1.82) is 0 Å². The van der Waals surface area contributed by atoms with Crippen LogP contribution in [0, 0.1) is 6.92 Å². The smallest absolute Gasteiger partial charge is 0.217 e. The van der Waals surface area contributed by atoms with E-state index in [0.717, 1.165) is 22.4 Å². The molecule has 1 aliphatic rings. The highest BCUT2D eigenvalue weighted by Crippen LogP contribution is 2.39. The lowest BCUT2D eigenvalue weighted by Crippen LogP contribution is -2.44. The monoisotopic (exact) mass is 299 g/mol. The number of nitrogen functional groups attached to an aromatic ring is 1. The van der Waals surface area contributed by atoms with Crippen LogP contribution in [0.15, 0.2) is 24.5 Å². The van der Waals surface area contributed by atoms with E-state index in [1.54, 1.807) is 6.20 Å². The molecule has 2 N–H and O–H groups in total. The second kappa shape index (κ2) is 5.57. The van der Waals surface area contributed by atoms with E-state index in [-0.39, 0.29) is 5.41 Å². The van der Waals surface area contributed by atoms with E-state index >= 15 is 0 Å². The van der Waals surface area contributed by atoms with Crippen molar-refractivity contribution in [2.45, 2.75) is 26.2 Å². The van der Waals surface area contributed by atoms with Gasteiger partial charge in [0.05, 0.1) is 31.7 Å². The minimum absolute atomic E-state index is 0.0465. The van der Waals surface area contributed by atoms with Crippen molar-refractivity contribution in [1.82, 2.24) is 9.97 Å². The summed E-state index contributed by atoms with van der Waals surface area (Å²) in [6.07, 6.45) is 3.49. The summed E-state index contributed by atoms with van der Waals surface area (Å²) in [5.74, 6) is 0.687. The summed E-state index contributed by atoms with van der Waals surface area (Å²) in [4.78, 5) is 8.85. The molecular formula is C17H21N3O2. The van der Waals surface area contributed by atoms with Gasteiger partial charge in [0.2, 0.25) is 5.88 Å². The summed E-state index contributed by atoms with van der Waals surface area (Å²) >= 11 is 0. The molecule has 0 aliphatic carbocycles. The number of nitrogens with two attached hydrogens (primary N) is 1. The van der Waals surface area contributed by atoms with Gasteiger partial charge in [-0.3, -0.25) is 4.98 Å². The van der Waals surface area contributed by atoms with Crippen molar-refractivity contribution in [3.05, 3.63) is 35.8 Å². The number of hydrogen-bond acceptors (Lipinski definition) is 5. The Balaban J connectivity index is 2.10. The Hall–Kier alpha value is -2.14. The molecule has 0 spiro atoms. The van der Waals surface area contributed by atoms with Gasteiger partial charge in [0, 0.05) is 34.0 Å². The fraction of sp³-hybridized carbons (Fsp3) is 0.412. The molecule has 5 heteroatoms. The zero-order valence-electron chi connectivity index (χ0n) is 13.2. The molecule has 0 saturated carbocycles. The summed E-state index contributed by atoms with van der Waals surface area (Å²) < 4.78 is 11.1. The van der Waals surface area contributed by atoms with Crippen molar-refractivity contribution in [3.63, 3.8) is 0 Å². The molecule has 0 aromatic carbocycles. The largest absolute Gasteiger partial charge is 0.478 e. The fourth-order valence-electron chi connectivity index (χ4n) is 2.69. The Labute approximate surface area is 130 Å². The second-order valence-corrected chi connectivity index (χ2v) is 5.96. The lowest BCUT2D eigenvalue weighted by atomic mass is 9.80. The average Bonchev–Trinajstić information content (AvgIpc) is 2.48. The molecule has 0 bridgehead atoms. The molecule has 3 heterocycles. The van der Waals surface area contributed by atoms with Crippen LogP contribution in [0.2, 0.25) is 0 Å². The summed E-state index contributed by atoms with van der Waals surface area (Å²) in [7, 11) is 0. The first kappa shape index (κ1) is 14.8. The normalized spacial score (nSPS) is 16.1. The van der Waals surface area contributed by atoms with Gasteiger partial charge < -0.3 is 15.2 Å². The molecule has 1 fully saturated rings. The van der Waals surface area contributed by atoms with Gasteiger partial charge in [-0.25, -0.2) is 4.98 Å². The predicted molar refractivity (Wildman–Crippen MR) is 86.0 cm³/mol. The van der Waals surface area contributed by atoms with Crippen LogP contribution in [0.25, 0.3) is 11.1 Å². The summed E-state index contributed by atoms with van der Waals surface area (Å²) in [5, 5.41) is 0. The number of rotatable bonds is 4. The number of aromatic nitrogens is 2. The van der Waals surface area contributed by atoms with E-state index < -0.39 is 0 Å². The van der Waals surface area contributed by atoms with Crippen molar-refractivity contribution in [2.75, 3.05) is 25.6 Å². The molecule has 0 amide bonds. The van der Waals surface area contributed by atoms with Crippen LogP contribution >= 0.6 is 0 Å². The van der Waals surface area contributed by atoms with Crippen LogP contribution in [0.3, 0.4) is 0 Å². The zero-order chi connectivity index (χ0) is 15.7. The molecule has 1 aliphatic heterocycles. The van der Waals surface area contributed by atoms with E-state index in [1.807, 2.05) is 26.1 Å². The van der Waals surface area contributed by atoms with Gasteiger partial charge in [0.1, 0.15) is 0 Å². The van der Waals surface area contributed by atoms with Gasteiger partial charge in [0.25, 0.3) is 0 Å². The molecule has 0 unspecified atom stereocenters. The van der Waals surface area contributed by atoms with Crippen LogP contribution < -0.4 is 10.5 Å². The Kier molecular flexibility index (Phi) is 3.74. The highest BCUT2D eigenvalue weighted by Gasteiger charge is 2.38. The molecule has 22 heavy (non-hydrogen) atoms. The van der Waals surface area contributed by atoms with Crippen LogP contribution in [-0.4, -0.2) is 29.8 Å². The standard InChI is InChI=1S/C17H21N3O2/c1-4-22-16-15(17(3)9-21-10-17)5-12(7-20-16)14-6-13(18)8-19-11(14)2/h5-8H,4,9-10,18H2,1-3H3. The zero-order valence-corrected chi connectivity index (χ0v) is 13.2. The van der Waals surface area contributed by atoms with Crippen molar-refractivity contribution >= 4 is 5.69 Å². The van der Waals surface area contributed by atoms with E-state index in [1.165, 1.54) is 0 Å². The van der Waals surface area contributed by atoms with Crippen LogP contribution in [-0.2, 0) is 10.2 Å². The van der Waals surface area contributed by atoms with Crippen LogP contribution in [0.4, 0.5) is 5.69 Å². The van der Waals surface area contributed by atoms with Gasteiger partial charge in [-0.2, -0.15) is 0 Å². The van der Waals surface area contributed by atoms with Gasteiger partial charge in [-0.1, -0.05) is 6.92 Å². The van der Waals surface area contributed by atoms with Gasteiger partial charge in [-0.15, -0.1) is 0 Å². The fourth-order valence-corrected chi connectivity index (χ4v) is 2.69. The Bertz CT molecular complexity index is 696. The van der Waals surface area contributed by atoms with Crippen molar-refractivity contribution < 1.29 is 9.47 Å². The molecule has 0 radical (unpaired) electrons. The molecule has 3 rings (SSSR count). The van der Waals surface area contributed by atoms with Crippen LogP contribution in [0.5, 0.6) is 5.88 Å². The van der Waals surface area contributed by atoms with E-state index in [9.17, 15) is 0 Å². The lowest BCUT2D eigenvalue weighted by molar-refractivity contribution is -0.0513. The highest BCUT2D eigenvalue weighted by molar-refractivity contribution is 5.69. The number of aryl methyl sites for hydroxylation is 1. The summed E-state index contributed by atoms with van der Waals surface area (Å²) in [6, 6.07) is 4.06. The molecule has 2 aromatic rings.